The van der Waals surface area contributed by atoms with E-state index in [0.29, 0.717) is 0 Å². The number of hydrogen-bond acceptors (Lipinski definition) is 6. The molecule has 0 aromatic carbocycles. The van der Waals surface area contributed by atoms with Crippen LogP contribution in [0.1, 0.15) is 6.42 Å². The highest BCUT2D eigenvalue weighted by molar-refractivity contribution is 5.81. The molecule has 1 saturated heterocycles. The number of aryl methyl sites for hydroxylation is 2. The molecule has 6 heterocycles. The number of nitrogens with zero attached hydrogens (tertiary/aromatic N) is 7. The minimum absolute atomic E-state index is 0.197. The van der Waals surface area contributed by atoms with Gasteiger partial charge >= 0.3 is 0 Å². The summed E-state index contributed by atoms with van der Waals surface area (Å²) in [5.41, 5.74) is 4.86. The first-order valence-corrected chi connectivity index (χ1v) is 11.1. The molecule has 0 bridgehead atoms. The van der Waals surface area contributed by atoms with Gasteiger partial charge in [-0.2, -0.15) is 10.2 Å². The Balaban J connectivity index is 1.28. The molecule has 1 atom stereocenters. The molecule has 1 N–H and O–H groups in total. The second-order valence-corrected chi connectivity index (χ2v) is 8.77. The van der Waals surface area contributed by atoms with Gasteiger partial charge in [0.25, 0.3) is 0 Å². The molecular formula is C24H26N8O. The number of hydrogen-bond donors (Lipinski definition) is 1. The largest absolute Gasteiger partial charge is 0.485 e. The Morgan fingerprint density at radius 2 is 1.97 bits per heavy atom. The molecule has 9 nitrogen and oxygen atoms in total. The van der Waals surface area contributed by atoms with Gasteiger partial charge in [0, 0.05) is 56.6 Å². The highest BCUT2D eigenvalue weighted by Gasteiger charge is 2.23. The first-order valence-electron chi connectivity index (χ1n) is 11.1. The number of anilines is 2. The van der Waals surface area contributed by atoms with Gasteiger partial charge in [0.15, 0.2) is 11.6 Å². The number of likely N-dealkylation sites (tertiary alicyclic amines) is 1. The molecule has 1 aliphatic rings. The van der Waals surface area contributed by atoms with Crippen LogP contribution >= 0.6 is 0 Å². The smallest absolute Gasteiger partial charge is 0.165 e. The third-order valence-electron chi connectivity index (χ3n) is 6.26. The number of likely N-dealkylation sites (N-methyl/N-ethyl adjacent to an activating group) is 1. The van der Waals surface area contributed by atoms with E-state index in [-0.39, 0.29) is 6.10 Å². The molecule has 9 heteroatoms. The number of rotatable bonds is 5. The second-order valence-electron chi connectivity index (χ2n) is 8.77. The Hall–Kier alpha value is -3.85. The van der Waals surface area contributed by atoms with E-state index in [0.717, 1.165) is 64.6 Å². The number of fused-ring (bicyclic) bond motifs is 2. The van der Waals surface area contributed by atoms with Crippen LogP contribution in [0, 0.1) is 0 Å². The van der Waals surface area contributed by atoms with E-state index in [1.165, 1.54) is 0 Å². The second kappa shape index (κ2) is 7.63. The van der Waals surface area contributed by atoms with Crippen molar-refractivity contribution >= 4 is 28.1 Å². The van der Waals surface area contributed by atoms with Crippen molar-refractivity contribution < 1.29 is 4.74 Å². The lowest BCUT2D eigenvalue weighted by Crippen LogP contribution is -2.21. The molecular weight excluding hydrogens is 416 g/mol. The maximum absolute atomic E-state index is 6.32. The zero-order valence-corrected chi connectivity index (χ0v) is 18.9. The zero-order valence-electron chi connectivity index (χ0n) is 18.9. The van der Waals surface area contributed by atoms with Crippen LogP contribution in [0.2, 0.25) is 0 Å². The first-order chi connectivity index (χ1) is 16.0. The van der Waals surface area contributed by atoms with Crippen molar-refractivity contribution in [1.29, 1.82) is 0 Å². The zero-order chi connectivity index (χ0) is 22.5. The van der Waals surface area contributed by atoms with Crippen LogP contribution in [0.4, 0.5) is 11.5 Å². The highest BCUT2D eigenvalue weighted by Crippen LogP contribution is 2.32. The van der Waals surface area contributed by atoms with E-state index < -0.39 is 0 Å². The molecule has 0 unspecified atom stereocenters. The minimum atomic E-state index is 0.197. The summed E-state index contributed by atoms with van der Waals surface area (Å²) in [6.07, 6.45) is 8.85. The van der Waals surface area contributed by atoms with Gasteiger partial charge in [-0.1, -0.05) is 0 Å². The summed E-state index contributed by atoms with van der Waals surface area (Å²) in [5.74, 6) is 1.59. The predicted octanol–water partition coefficient (Wildman–Crippen LogP) is 3.45. The summed E-state index contributed by atoms with van der Waals surface area (Å²) < 4.78 is 12.1. The summed E-state index contributed by atoms with van der Waals surface area (Å²) in [5, 5.41) is 13.6. The van der Waals surface area contributed by atoms with Crippen molar-refractivity contribution in [2.75, 3.05) is 25.5 Å². The Kier molecular flexibility index (Phi) is 4.58. The Labute approximate surface area is 191 Å². The quantitative estimate of drug-likeness (QED) is 0.449. The van der Waals surface area contributed by atoms with E-state index in [4.69, 9.17) is 4.74 Å². The summed E-state index contributed by atoms with van der Waals surface area (Å²) in [6, 6.07) is 10.3. The molecule has 0 radical (unpaired) electrons. The van der Waals surface area contributed by atoms with Gasteiger partial charge in [-0.25, -0.2) is 9.50 Å². The molecule has 0 saturated carbocycles. The average molecular weight is 443 g/mol. The monoisotopic (exact) mass is 442 g/mol. The molecule has 5 aromatic heterocycles. The fourth-order valence-corrected chi connectivity index (χ4v) is 4.58. The van der Waals surface area contributed by atoms with Gasteiger partial charge in [0.05, 0.1) is 23.6 Å². The summed E-state index contributed by atoms with van der Waals surface area (Å²) in [4.78, 5) is 6.83. The van der Waals surface area contributed by atoms with Crippen LogP contribution in [0.25, 0.3) is 27.8 Å². The maximum Gasteiger partial charge on any atom is 0.165 e. The van der Waals surface area contributed by atoms with Crippen molar-refractivity contribution in [3.8, 4) is 17.0 Å². The van der Waals surface area contributed by atoms with Gasteiger partial charge in [-0.3, -0.25) is 4.68 Å². The van der Waals surface area contributed by atoms with E-state index in [1.807, 2.05) is 64.8 Å². The third-order valence-corrected chi connectivity index (χ3v) is 6.26. The highest BCUT2D eigenvalue weighted by atomic mass is 16.5. The van der Waals surface area contributed by atoms with Crippen molar-refractivity contribution in [2.45, 2.75) is 12.5 Å². The van der Waals surface area contributed by atoms with Crippen LogP contribution < -0.4 is 10.1 Å². The molecule has 33 heavy (non-hydrogen) atoms. The van der Waals surface area contributed by atoms with E-state index in [2.05, 4.69) is 50.6 Å². The lowest BCUT2D eigenvalue weighted by molar-refractivity contribution is 0.209. The summed E-state index contributed by atoms with van der Waals surface area (Å²) in [7, 11) is 6.07. The van der Waals surface area contributed by atoms with Crippen molar-refractivity contribution in [2.24, 2.45) is 14.1 Å². The van der Waals surface area contributed by atoms with Crippen LogP contribution in [0.15, 0.2) is 55.1 Å². The van der Waals surface area contributed by atoms with Crippen LogP contribution in [0.5, 0.6) is 5.75 Å². The Bertz CT molecular complexity index is 1460. The molecule has 0 spiro atoms. The van der Waals surface area contributed by atoms with Crippen molar-refractivity contribution in [1.82, 2.24) is 33.8 Å². The summed E-state index contributed by atoms with van der Waals surface area (Å²) in [6.45, 7) is 2.00. The maximum atomic E-state index is 6.32. The van der Waals surface area contributed by atoms with Gasteiger partial charge in [0.2, 0.25) is 0 Å². The molecule has 1 fully saturated rings. The average Bonchev–Trinajstić information content (AvgIpc) is 3.56. The normalized spacial score (nSPS) is 16.8. The third kappa shape index (κ3) is 3.60. The molecule has 6 rings (SSSR count). The van der Waals surface area contributed by atoms with Gasteiger partial charge in [0.1, 0.15) is 17.4 Å². The molecule has 0 aliphatic carbocycles. The number of aromatic nitrogens is 6. The van der Waals surface area contributed by atoms with Crippen molar-refractivity contribution in [3.05, 3.63) is 55.1 Å². The Morgan fingerprint density at radius 3 is 2.82 bits per heavy atom. The fraction of sp³-hybridized carbons (Fsp3) is 0.292. The first kappa shape index (κ1) is 19.8. The van der Waals surface area contributed by atoms with Gasteiger partial charge < -0.3 is 19.5 Å². The summed E-state index contributed by atoms with van der Waals surface area (Å²) >= 11 is 0. The Morgan fingerprint density at radius 1 is 1.06 bits per heavy atom. The lowest BCUT2D eigenvalue weighted by Gasteiger charge is -2.14. The minimum Gasteiger partial charge on any atom is -0.485 e. The van der Waals surface area contributed by atoms with Crippen LogP contribution in [-0.2, 0) is 14.1 Å². The van der Waals surface area contributed by atoms with Gasteiger partial charge in [-0.05, 0) is 37.7 Å². The van der Waals surface area contributed by atoms with E-state index in [1.54, 1.807) is 0 Å². The lowest BCUT2D eigenvalue weighted by atomic mass is 10.1. The molecule has 5 aromatic rings. The molecule has 0 amide bonds. The SMILES string of the molecule is CN1CC[C@H](Oc2cnn(C)c2-c2ccn3nc(Nc4cnc5c(ccn5C)c4)cc3c2)C1. The van der Waals surface area contributed by atoms with Crippen LogP contribution in [0.3, 0.4) is 0 Å². The van der Waals surface area contributed by atoms with Crippen molar-refractivity contribution in [3.63, 3.8) is 0 Å². The number of ether oxygens (including phenoxy) is 1. The molecule has 168 valence electrons. The number of pyridine rings is 2. The number of nitrogens with one attached hydrogen (secondary N) is 1. The molecule has 1 aliphatic heterocycles. The van der Waals surface area contributed by atoms with E-state index in [9.17, 15) is 0 Å². The topological polar surface area (TPSA) is 77.4 Å². The van der Waals surface area contributed by atoms with E-state index >= 15 is 0 Å². The standard InChI is InChI=1S/C24H26N8O/c1-29-7-6-20(15-29)33-21-14-26-31(3)23(21)16-5-9-32-19(11-16)12-22(28-32)27-18-10-17-4-8-30(2)24(17)25-13-18/h4-5,8-14,20H,6-7,15H2,1-3H3,(H,27,28)/t20-/m0/s1. The van der Waals surface area contributed by atoms with Gasteiger partial charge in [-0.15, -0.1) is 0 Å². The fourth-order valence-electron chi connectivity index (χ4n) is 4.58. The predicted molar refractivity (Wildman–Crippen MR) is 128 cm³/mol. The van der Waals surface area contributed by atoms with Crippen LogP contribution in [-0.4, -0.2) is 60.1 Å².